The molecule has 0 bridgehead atoms. The number of sulfone groups is 1. The number of aliphatic hydroxyl groups is 1. The summed E-state index contributed by atoms with van der Waals surface area (Å²) in [5, 5.41) is 16.5. The lowest BCUT2D eigenvalue weighted by atomic mass is 10.1. The van der Waals surface area contributed by atoms with Crippen LogP contribution < -0.4 is 10.6 Å². The molecule has 3 rings (SSSR count). The van der Waals surface area contributed by atoms with E-state index in [1.807, 2.05) is 17.5 Å². The van der Waals surface area contributed by atoms with Crippen LogP contribution in [0.2, 0.25) is 0 Å². The maximum absolute atomic E-state index is 12.8. The molecule has 8 nitrogen and oxygen atoms in total. The smallest absolute Gasteiger partial charge is 0.270 e. The van der Waals surface area contributed by atoms with Crippen molar-refractivity contribution in [3.05, 3.63) is 70.9 Å². The Labute approximate surface area is 190 Å². The summed E-state index contributed by atoms with van der Waals surface area (Å²) in [6.07, 6.45) is 1.13. The van der Waals surface area contributed by atoms with Crippen molar-refractivity contribution in [1.29, 1.82) is 0 Å². The summed E-state index contributed by atoms with van der Waals surface area (Å²) in [6.45, 7) is 1.60. The van der Waals surface area contributed by atoms with Crippen molar-refractivity contribution in [1.82, 2.24) is 15.6 Å². The second kappa shape index (κ2) is 10.0. The Morgan fingerprint density at radius 3 is 2.31 bits per heavy atom. The quantitative estimate of drug-likeness (QED) is 0.461. The zero-order valence-electron chi connectivity index (χ0n) is 17.5. The Bertz CT molecular complexity index is 1210. The second-order valence-corrected chi connectivity index (χ2v) is 10.2. The average molecular weight is 474 g/mol. The molecule has 3 aromatic rings. The fourth-order valence-corrected chi connectivity index (χ4v) is 4.16. The number of carbonyl (C=O) groups excluding carboxylic acids is 2. The molecule has 0 unspecified atom stereocenters. The normalized spacial score (nSPS) is 12.2. The molecule has 2 heterocycles. The molecule has 168 valence electrons. The zero-order valence-corrected chi connectivity index (χ0v) is 19.2. The van der Waals surface area contributed by atoms with E-state index in [4.69, 9.17) is 0 Å². The summed E-state index contributed by atoms with van der Waals surface area (Å²) in [5.74, 6) is -0.963. The summed E-state index contributed by atoms with van der Waals surface area (Å²) in [6, 6.07) is 12.7. The Balaban J connectivity index is 1.82. The monoisotopic (exact) mass is 473 g/mol. The molecule has 2 aromatic heterocycles. The zero-order chi connectivity index (χ0) is 23.3. The topological polar surface area (TPSA) is 125 Å². The number of benzene rings is 1. The van der Waals surface area contributed by atoms with Crippen molar-refractivity contribution in [2.75, 3.05) is 12.9 Å². The molecule has 0 aliphatic heterocycles. The van der Waals surface area contributed by atoms with Gasteiger partial charge in [0.15, 0.2) is 9.84 Å². The first-order chi connectivity index (χ1) is 15.2. The van der Waals surface area contributed by atoms with Gasteiger partial charge in [-0.1, -0.05) is 18.2 Å². The van der Waals surface area contributed by atoms with Crippen molar-refractivity contribution in [2.45, 2.75) is 24.4 Å². The van der Waals surface area contributed by atoms with E-state index in [1.54, 1.807) is 31.2 Å². The molecule has 2 amide bonds. The van der Waals surface area contributed by atoms with Gasteiger partial charge in [0.05, 0.1) is 11.5 Å². The van der Waals surface area contributed by atoms with Gasteiger partial charge in [0.1, 0.15) is 11.4 Å². The maximum atomic E-state index is 12.8. The second-order valence-electron chi connectivity index (χ2n) is 7.26. The highest BCUT2D eigenvalue weighted by Crippen LogP contribution is 2.26. The number of aliphatic hydroxyl groups excluding tert-OH is 1. The number of thiophene rings is 1. The van der Waals surface area contributed by atoms with Crippen molar-refractivity contribution in [3.8, 4) is 10.4 Å². The van der Waals surface area contributed by atoms with E-state index in [0.29, 0.717) is 5.56 Å². The predicted molar refractivity (Wildman–Crippen MR) is 122 cm³/mol. The van der Waals surface area contributed by atoms with Gasteiger partial charge in [-0.05, 0) is 53.8 Å². The number of carbonyl (C=O) groups is 2. The number of pyridine rings is 1. The third-order valence-corrected chi connectivity index (χ3v) is 6.60. The number of hydrogen-bond donors (Lipinski definition) is 3. The van der Waals surface area contributed by atoms with E-state index < -0.39 is 27.7 Å². The largest absolute Gasteiger partial charge is 0.394 e. The Hall–Kier alpha value is -3.08. The molecule has 1 aromatic carbocycles. The van der Waals surface area contributed by atoms with E-state index in [9.17, 15) is 23.1 Å². The van der Waals surface area contributed by atoms with Crippen LogP contribution in [0.1, 0.15) is 33.5 Å². The van der Waals surface area contributed by atoms with E-state index >= 15 is 0 Å². The summed E-state index contributed by atoms with van der Waals surface area (Å²) < 4.78 is 23.1. The van der Waals surface area contributed by atoms with Crippen LogP contribution in [0.15, 0.2) is 58.8 Å². The van der Waals surface area contributed by atoms with E-state index in [-0.39, 0.29) is 29.4 Å². The fourth-order valence-electron chi connectivity index (χ4n) is 2.82. The Morgan fingerprint density at radius 1 is 1.09 bits per heavy atom. The van der Waals surface area contributed by atoms with Crippen LogP contribution in [0, 0.1) is 0 Å². The Morgan fingerprint density at radius 2 is 1.75 bits per heavy atom. The molecule has 0 saturated heterocycles. The van der Waals surface area contributed by atoms with Crippen LogP contribution in [-0.4, -0.2) is 49.2 Å². The highest BCUT2D eigenvalue weighted by Gasteiger charge is 2.17. The number of nitrogens with zero attached hydrogens (tertiary/aromatic N) is 1. The fraction of sp³-hybridized carbons (Fsp3) is 0.227. The third-order valence-electron chi connectivity index (χ3n) is 4.55. The number of hydrogen-bond acceptors (Lipinski definition) is 7. The molecule has 32 heavy (non-hydrogen) atoms. The van der Waals surface area contributed by atoms with Crippen LogP contribution in [0.5, 0.6) is 0 Å². The summed E-state index contributed by atoms with van der Waals surface area (Å²) in [5.41, 5.74) is 1.54. The van der Waals surface area contributed by atoms with Gasteiger partial charge in [0, 0.05) is 23.7 Å². The number of amides is 2. The molecule has 10 heteroatoms. The predicted octanol–water partition coefficient (Wildman–Crippen LogP) is 2.25. The molecule has 0 fully saturated rings. The minimum absolute atomic E-state index is 0.0684. The lowest BCUT2D eigenvalue weighted by Gasteiger charge is -2.12. The van der Waals surface area contributed by atoms with Gasteiger partial charge < -0.3 is 15.7 Å². The number of aromatic nitrogens is 1. The highest BCUT2D eigenvalue weighted by molar-refractivity contribution is 7.90. The van der Waals surface area contributed by atoms with Crippen molar-refractivity contribution in [3.63, 3.8) is 0 Å². The maximum Gasteiger partial charge on any atom is 0.270 e. The Kier molecular flexibility index (Phi) is 7.39. The highest BCUT2D eigenvalue weighted by atomic mass is 32.2. The van der Waals surface area contributed by atoms with Gasteiger partial charge in [-0.25, -0.2) is 13.4 Å². The number of nitrogens with one attached hydrogen (secondary N) is 2. The van der Waals surface area contributed by atoms with E-state index in [1.165, 1.54) is 23.5 Å². The van der Waals surface area contributed by atoms with Crippen molar-refractivity contribution >= 4 is 33.0 Å². The van der Waals surface area contributed by atoms with Gasteiger partial charge >= 0.3 is 0 Å². The molecular weight excluding hydrogens is 450 g/mol. The van der Waals surface area contributed by atoms with Gasteiger partial charge in [-0.2, -0.15) is 0 Å². The molecule has 1 atom stereocenters. The molecule has 0 spiro atoms. The minimum Gasteiger partial charge on any atom is -0.394 e. The van der Waals surface area contributed by atoms with Crippen molar-refractivity contribution < 1.29 is 23.1 Å². The molecule has 0 aliphatic carbocycles. The van der Waals surface area contributed by atoms with E-state index in [0.717, 1.165) is 16.7 Å². The summed E-state index contributed by atoms with van der Waals surface area (Å²) in [7, 11) is -3.29. The van der Waals surface area contributed by atoms with E-state index in [2.05, 4.69) is 15.6 Å². The van der Waals surface area contributed by atoms with Gasteiger partial charge in [-0.15, -0.1) is 11.3 Å². The van der Waals surface area contributed by atoms with Crippen LogP contribution in [0.4, 0.5) is 0 Å². The number of rotatable bonds is 8. The van der Waals surface area contributed by atoms with Crippen LogP contribution in [0.3, 0.4) is 0 Å². The summed E-state index contributed by atoms with van der Waals surface area (Å²) >= 11 is 1.47. The first-order valence-electron chi connectivity index (χ1n) is 9.72. The lowest BCUT2D eigenvalue weighted by molar-refractivity contribution is 0.0916. The van der Waals surface area contributed by atoms with Gasteiger partial charge in [0.25, 0.3) is 11.8 Å². The average Bonchev–Trinajstić information content (AvgIpc) is 3.31. The first kappa shape index (κ1) is 23.6. The van der Waals surface area contributed by atoms with Crippen LogP contribution in [0.25, 0.3) is 10.4 Å². The molecule has 0 saturated carbocycles. The van der Waals surface area contributed by atoms with Crippen molar-refractivity contribution in [2.24, 2.45) is 0 Å². The lowest BCUT2D eigenvalue weighted by Crippen LogP contribution is -2.36. The van der Waals surface area contributed by atoms with Crippen LogP contribution >= 0.6 is 11.3 Å². The van der Waals surface area contributed by atoms with Gasteiger partial charge in [0.2, 0.25) is 0 Å². The van der Waals surface area contributed by atoms with Crippen LogP contribution in [-0.2, 0) is 16.4 Å². The molecule has 0 radical (unpaired) electrons. The third kappa shape index (κ3) is 6.00. The SMILES string of the molecule is C[C@@H](CO)NC(=O)c1cc(-c2cccs2)cc(C(=O)NCc2ccc(S(C)(=O)=O)cc2)n1. The molecular formula is C22H23N3O5S2. The molecule has 3 N–H and O–H groups in total. The first-order valence-corrected chi connectivity index (χ1v) is 12.5. The minimum atomic E-state index is -3.29. The van der Waals surface area contributed by atoms with Gasteiger partial charge in [-0.3, -0.25) is 9.59 Å². The summed E-state index contributed by atoms with van der Waals surface area (Å²) in [4.78, 5) is 30.6. The molecule has 0 aliphatic rings. The standard InChI is InChI=1S/C22H23N3O5S2/c1-14(13-26)24-22(28)19-11-16(20-4-3-9-31-20)10-18(25-19)21(27)23-12-15-5-7-17(8-6-15)32(2,29)30/h3-11,14,26H,12-13H2,1-2H3,(H,23,27)(H,24,28)/t14-/m0/s1.